The third-order valence-electron chi connectivity index (χ3n) is 7.18. The van der Waals surface area contributed by atoms with Crippen molar-refractivity contribution < 1.29 is 32.3 Å². The lowest BCUT2D eigenvalue weighted by atomic mass is 9.81. The number of anilines is 1. The molecule has 42 heavy (non-hydrogen) atoms. The minimum absolute atomic E-state index is 0.106. The van der Waals surface area contributed by atoms with Crippen molar-refractivity contribution in [2.45, 2.75) is 55.1 Å². The molecule has 0 radical (unpaired) electrons. The summed E-state index contributed by atoms with van der Waals surface area (Å²) in [4.78, 5) is 64.9. The van der Waals surface area contributed by atoms with Crippen LogP contribution in [0.4, 0.5) is 23.7 Å². The number of benzene rings is 2. The number of primary amides is 1. The average Bonchev–Trinajstić information content (AvgIpc) is 3.34. The van der Waals surface area contributed by atoms with E-state index in [1.807, 2.05) is 45.0 Å². The third kappa shape index (κ3) is 5.24. The number of likely N-dealkylation sites (tertiary alicyclic amines) is 1. The molecule has 2 aromatic carbocycles. The highest BCUT2D eigenvalue weighted by atomic mass is 32.2. The third-order valence-corrected chi connectivity index (χ3v) is 9.78. The molecule has 1 saturated heterocycles. The first-order valence-electron chi connectivity index (χ1n) is 12.7. The summed E-state index contributed by atoms with van der Waals surface area (Å²) in [6, 6.07) is 10.3. The van der Waals surface area contributed by atoms with E-state index < -0.39 is 64.0 Å². The first-order valence-corrected chi connectivity index (χ1v) is 14.4. The van der Waals surface area contributed by atoms with Crippen molar-refractivity contribution in [3.8, 4) is 0 Å². The van der Waals surface area contributed by atoms with Crippen LogP contribution < -0.4 is 15.9 Å². The van der Waals surface area contributed by atoms with Gasteiger partial charge < -0.3 is 11.1 Å². The SMILES string of the molecule is CC(C)(C)c1ccc([C@@H]2c3sc(=O)n(CC(=O)Nc4cccc(C(F)(F)F)c4)c3S[C@@H]3C(=O)N(C(N)=O)C(=O)[C@H]23)cc1. The van der Waals surface area contributed by atoms with Crippen LogP contribution in [0.25, 0.3) is 0 Å². The molecule has 220 valence electrons. The minimum atomic E-state index is -4.61. The van der Waals surface area contributed by atoms with Crippen LogP contribution in [0.5, 0.6) is 0 Å². The van der Waals surface area contributed by atoms with Crippen molar-refractivity contribution in [3.05, 3.63) is 79.8 Å². The summed E-state index contributed by atoms with van der Waals surface area (Å²) in [6.07, 6.45) is -4.61. The van der Waals surface area contributed by atoms with E-state index in [1.165, 1.54) is 6.07 Å². The van der Waals surface area contributed by atoms with Crippen LogP contribution in [0.2, 0.25) is 0 Å². The van der Waals surface area contributed by atoms with Crippen molar-refractivity contribution in [2.24, 2.45) is 11.7 Å². The van der Waals surface area contributed by atoms with Gasteiger partial charge >= 0.3 is 17.1 Å². The van der Waals surface area contributed by atoms with Crippen LogP contribution in [-0.2, 0) is 32.5 Å². The van der Waals surface area contributed by atoms with Gasteiger partial charge in [-0.15, -0.1) is 0 Å². The molecular weight excluding hydrogens is 593 g/mol. The van der Waals surface area contributed by atoms with Gasteiger partial charge in [0.25, 0.3) is 5.91 Å². The monoisotopic (exact) mass is 618 g/mol. The normalized spacial score (nSPS) is 20.3. The van der Waals surface area contributed by atoms with Crippen LogP contribution >= 0.6 is 23.1 Å². The smallest absolute Gasteiger partial charge is 0.351 e. The Hall–Kier alpha value is -3.91. The van der Waals surface area contributed by atoms with Crippen molar-refractivity contribution in [1.29, 1.82) is 0 Å². The number of amides is 5. The number of aromatic nitrogens is 1. The standard InChI is InChI=1S/C28H25F3N4O5S2/c1-27(2,3)14-9-7-13(8-10-14)18-19-20(23(38)35(22(19)37)25(32)39)41-24-21(18)42-26(40)34(24)12-17(36)33-16-6-4-5-15(11-16)28(29,30)31/h4-11,18-20H,12H2,1-3H3,(H2,32,39)(H,33,36)/t18-,19+,20-/m0/s1. The number of thioether (sulfide) groups is 1. The molecule has 0 spiro atoms. The molecule has 1 fully saturated rings. The quantitative estimate of drug-likeness (QED) is 0.413. The molecule has 9 nitrogen and oxygen atoms in total. The van der Waals surface area contributed by atoms with E-state index in [0.717, 1.165) is 51.4 Å². The van der Waals surface area contributed by atoms with Crippen LogP contribution in [0, 0.1) is 5.92 Å². The lowest BCUT2D eigenvalue weighted by Gasteiger charge is -2.31. The van der Waals surface area contributed by atoms with E-state index >= 15 is 0 Å². The van der Waals surface area contributed by atoms with Gasteiger partial charge in [-0.25, -0.2) is 4.79 Å². The lowest BCUT2D eigenvalue weighted by molar-refractivity contribution is -0.138. The average molecular weight is 619 g/mol. The van der Waals surface area contributed by atoms with E-state index in [0.29, 0.717) is 15.3 Å². The number of carbonyl (C=O) groups excluding carboxylic acids is 4. The Balaban J connectivity index is 1.54. The van der Waals surface area contributed by atoms with Gasteiger partial charge in [0.1, 0.15) is 11.8 Å². The van der Waals surface area contributed by atoms with Gasteiger partial charge in [0.05, 0.1) is 16.5 Å². The molecule has 5 rings (SSSR count). The van der Waals surface area contributed by atoms with Crippen molar-refractivity contribution in [3.63, 3.8) is 0 Å². The van der Waals surface area contributed by atoms with Crippen molar-refractivity contribution in [2.75, 3.05) is 5.32 Å². The van der Waals surface area contributed by atoms with Gasteiger partial charge in [-0.1, -0.05) is 74.2 Å². The largest absolute Gasteiger partial charge is 0.416 e. The van der Waals surface area contributed by atoms with Gasteiger partial charge in [-0.2, -0.15) is 18.1 Å². The Morgan fingerprint density at radius 2 is 1.64 bits per heavy atom. The molecule has 0 saturated carbocycles. The Morgan fingerprint density at radius 1 is 0.976 bits per heavy atom. The van der Waals surface area contributed by atoms with Crippen molar-refractivity contribution in [1.82, 2.24) is 9.47 Å². The number of fused-ring (bicyclic) bond motifs is 2. The summed E-state index contributed by atoms with van der Waals surface area (Å²) >= 11 is 1.70. The van der Waals surface area contributed by atoms with Gasteiger partial charge in [0.2, 0.25) is 11.8 Å². The lowest BCUT2D eigenvalue weighted by Crippen LogP contribution is -2.41. The number of hydrogen-bond donors (Lipinski definition) is 2. The number of hydrogen-bond acceptors (Lipinski definition) is 7. The van der Waals surface area contributed by atoms with E-state index in [4.69, 9.17) is 5.73 Å². The van der Waals surface area contributed by atoms with Crippen molar-refractivity contribution >= 4 is 52.5 Å². The summed E-state index contributed by atoms with van der Waals surface area (Å²) < 4.78 is 40.5. The summed E-state index contributed by atoms with van der Waals surface area (Å²) in [5, 5.41) is 1.56. The van der Waals surface area contributed by atoms with E-state index in [-0.39, 0.29) is 16.1 Å². The minimum Gasteiger partial charge on any atom is -0.351 e. The number of carbonyl (C=O) groups is 4. The number of thiazole rings is 1. The Morgan fingerprint density at radius 3 is 2.24 bits per heavy atom. The summed E-state index contributed by atoms with van der Waals surface area (Å²) in [6.45, 7) is 5.55. The topological polar surface area (TPSA) is 132 Å². The van der Waals surface area contributed by atoms with Gasteiger partial charge in [-0.3, -0.25) is 23.7 Å². The molecular formula is C28H25F3N4O5S2. The number of nitrogens with one attached hydrogen (secondary N) is 1. The number of halogens is 3. The molecule has 1 aromatic heterocycles. The van der Waals surface area contributed by atoms with Crippen LogP contribution in [0.3, 0.4) is 0 Å². The van der Waals surface area contributed by atoms with E-state index in [1.54, 1.807) is 0 Å². The number of urea groups is 1. The predicted octanol–water partition coefficient (Wildman–Crippen LogP) is 4.53. The maximum absolute atomic E-state index is 13.3. The highest BCUT2D eigenvalue weighted by Crippen LogP contribution is 2.53. The van der Waals surface area contributed by atoms with Gasteiger partial charge in [-0.05, 0) is 34.7 Å². The fraction of sp³-hybridized carbons (Fsp3) is 0.321. The first kappa shape index (κ1) is 29.6. The second kappa shape index (κ2) is 10.4. The second-order valence-electron chi connectivity index (χ2n) is 11.0. The summed E-state index contributed by atoms with van der Waals surface area (Å²) in [7, 11) is 0. The first-order chi connectivity index (χ1) is 19.6. The molecule has 3 atom stereocenters. The predicted molar refractivity (Wildman–Crippen MR) is 150 cm³/mol. The zero-order chi connectivity index (χ0) is 30.7. The molecule has 3 aromatic rings. The van der Waals surface area contributed by atoms with Crippen LogP contribution in [0.15, 0.2) is 58.4 Å². The highest BCUT2D eigenvalue weighted by Gasteiger charge is 2.58. The molecule has 3 heterocycles. The molecule has 2 aliphatic heterocycles. The number of rotatable bonds is 4. The van der Waals surface area contributed by atoms with Crippen LogP contribution in [0.1, 0.15) is 48.3 Å². The zero-order valence-electron chi connectivity index (χ0n) is 22.5. The molecule has 0 aliphatic carbocycles. The van der Waals surface area contributed by atoms with E-state index in [9.17, 15) is 37.1 Å². The molecule has 2 aliphatic rings. The fourth-order valence-corrected chi connectivity index (χ4v) is 7.91. The maximum atomic E-state index is 13.3. The van der Waals surface area contributed by atoms with Crippen LogP contribution in [-0.4, -0.2) is 38.5 Å². The molecule has 5 amide bonds. The maximum Gasteiger partial charge on any atom is 0.416 e. The Labute approximate surface area is 245 Å². The molecule has 0 bridgehead atoms. The molecule has 14 heteroatoms. The number of nitrogens with two attached hydrogens (primary N) is 1. The Bertz CT molecular complexity index is 1670. The van der Waals surface area contributed by atoms with Gasteiger partial charge in [0.15, 0.2) is 0 Å². The summed E-state index contributed by atoms with van der Waals surface area (Å²) in [5.41, 5.74) is 5.78. The zero-order valence-corrected chi connectivity index (χ0v) is 24.2. The second-order valence-corrected chi connectivity index (χ2v) is 13.1. The Kier molecular flexibility index (Phi) is 7.34. The van der Waals surface area contributed by atoms with Gasteiger partial charge in [0, 0.05) is 16.5 Å². The molecule has 3 N–H and O–H groups in total. The number of nitrogens with zero attached hydrogens (tertiary/aromatic N) is 2. The molecule has 0 unspecified atom stereocenters. The highest BCUT2D eigenvalue weighted by molar-refractivity contribution is 8.00. The summed E-state index contributed by atoms with van der Waals surface area (Å²) in [5.74, 6) is -4.16. The van der Waals surface area contributed by atoms with E-state index in [2.05, 4.69) is 5.32 Å². The fourth-order valence-electron chi connectivity index (χ4n) is 5.14. The number of imide groups is 3. The number of alkyl halides is 3.